The number of thiol groups is 1. The first kappa shape index (κ1) is 21.9. The van der Waals surface area contributed by atoms with E-state index in [0.29, 0.717) is 21.3 Å². The molecule has 2 aromatic heterocycles. The summed E-state index contributed by atoms with van der Waals surface area (Å²) in [6.45, 7) is 0. The summed E-state index contributed by atoms with van der Waals surface area (Å²) in [5, 5.41) is 4.35. The first-order valence-electron chi connectivity index (χ1n) is 9.23. The van der Waals surface area contributed by atoms with Crippen molar-refractivity contribution in [2.24, 2.45) is 0 Å². The highest BCUT2D eigenvalue weighted by Gasteiger charge is 2.19. The Balaban J connectivity index is 1.53. The number of pyridine rings is 1. The molecule has 32 heavy (non-hydrogen) atoms. The van der Waals surface area contributed by atoms with Crippen LogP contribution in [0, 0.1) is 0 Å². The van der Waals surface area contributed by atoms with Crippen LogP contribution < -0.4 is 10.6 Å². The second kappa shape index (κ2) is 9.43. The van der Waals surface area contributed by atoms with Gasteiger partial charge in [0.1, 0.15) is 5.25 Å². The number of hydrogen-bond acceptors (Lipinski definition) is 7. The van der Waals surface area contributed by atoms with Gasteiger partial charge in [-0.15, -0.1) is 0 Å². The van der Waals surface area contributed by atoms with Crippen LogP contribution in [0.5, 0.6) is 0 Å². The molecule has 0 saturated heterocycles. The molecule has 0 aliphatic rings. The highest BCUT2D eigenvalue weighted by molar-refractivity contribution is 7.73. The number of nitrogens with zero attached hydrogens (tertiary/aromatic N) is 2. The van der Waals surface area contributed by atoms with Crippen molar-refractivity contribution >= 4 is 60.9 Å². The number of aromatic nitrogens is 2. The summed E-state index contributed by atoms with van der Waals surface area (Å²) < 4.78 is 24.5. The number of fused-ring (bicyclic) bond motifs is 1. The predicted molar refractivity (Wildman–Crippen MR) is 124 cm³/mol. The van der Waals surface area contributed by atoms with Crippen LogP contribution in [-0.2, 0) is 10.7 Å². The van der Waals surface area contributed by atoms with E-state index in [1.54, 1.807) is 54.7 Å². The number of rotatable bonds is 5. The average molecular weight is 487 g/mol. The van der Waals surface area contributed by atoms with Crippen molar-refractivity contribution in [3.63, 3.8) is 0 Å². The van der Waals surface area contributed by atoms with Crippen LogP contribution in [0.1, 0.15) is 26.7 Å². The van der Waals surface area contributed by atoms with E-state index in [0.717, 1.165) is 11.3 Å². The molecule has 1 unspecified atom stereocenters. The third-order valence-electron chi connectivity index (χ3n) is 4.51. The summed E-state index contributed by atoms with van der Waals surface area (Å²) in [6.07, 6.45) is 3.09. The monoisotopic (exact) mass is 486 g/mol. The van der Waals surface area contributed by atoms with Crippen LogP contribution in [0.3, 0.4) is 0 Å². The highest BCUT2D eigenvalue weighted by Crippen LogP contribution is 2.32. The molecule has 3 amide bonds. The highest BCUT2D eigenvalue weighted by atomic mass is 35.5. The topological polar surface area (TPSA) is 118 Å². The normalized spacial score (nSPS) is 11.9. The molecule has 162 valence electrons. The number of amides is 3. The number of carbonyl (C=O) groups is 2. The van der Waals surface area contributed by atoms with E-state index in [1.807, 2.05) is 0 Å². The van der Waals surface area contributed by atoms with E-state index in [1.165, 1.54) is 12.3 Å². The minimum Gasteiger partial charge on any atom is -0.283 e. The number of carbonyl (C=O) groups excluding carboxylic acids is 2. The third kappa shape index (κ3) is 4.77. The maximum atomic E-state index is 12.2. The molecule has 4 rings (SSSR count). The Morgan fingerprint density at radius 3 is 2.56 bits per heavy atom. The van der Waals surface area contributed by atoms with Crippen LogP contribution in [-0.4, -0.2) is 30.3 Å². The van der Waals surface area contributed by atoms with E-state index >= 15 is 0 Å². The number of imide groups is 1. The number of anilines is 1. The van der Waals surface area contributed by atoms with Crippen molar-refractivity contribution in [2.75, 3.05) is 5.32 Å². The smallest absolute Gasteiger partial charge is 0.283 e. The molecule has 8 nitrogen and oxygen atoms in total. The quantitative estimate of drug-likeness (QED) is 0.367. The molecule has 2 N–H and O–H groups in total. The molecule has 0 aliphatic heterocycles. The van der Waals surface area contributed by atoms with Gasteiger partial charge in [0, 0.05) is 12.4 Å². The largest absolute Gasteiger partial charge is 0.327 e. The van der Waals surface area contributed by atoms with Crippen molar-refractivity contribution in [1.29, 1.82) is 0 Å². The van der Waals surface area contributed by atoms with Crippen LogP contribution >= 0.6 is 22.9 Å². The van der Waals surface area contributed by atoms with E-state index in [-0.39, 0.29) is 15.7 Å². The first-order valence-corrected chi connectivity index (χ1v) is 11.7. The Morgan fingerprint density at radius 2 is 1.84 bits per heavy atom. The number of nitrogens with one attached hydrogen (secondary N) is 2. The van der Waals surface area contributed by atoms with Crippen LogP contribution in [0.4, 0.5) is 9.93 Å². The van der Waals surface area contributed by atoms with Gasteiger partial charge in [0.25, 0.3) is 5.91 Å². The summed E-state index contributed by atoms with van der Waals surface area (Å²) in [4.78, 5) is 32.8. The van der Waals surface area contributed by atoms with Crippen molar-refractivity contribution in [3.8, 4) is 0 Å². The van der Waals surface area contributed by atoms with E-state index in [9.17, 15) is 18.0 Å². The van der Waals surface area contributed by atoms with E-state index in [2.05, 4.69) is 20.6 Å². The fraction of sp³-hybridized carbons (Fsp3) is 0.0476. The average Bonchev–Trinajstić information content (AvgIpc) is 3.16. The zero-order valence-corrected chi connectivity index (χ0v) is 18.7. The Kier molecular flexibility index (Phi) is 6.45. The van der Waals surface area contributed by atoms with Crippen molar-refractivity contribution < 1.29 is 18.0 Å². The van der Waals surface area contributed by atoms with Gasteiger partial charge in [0.05, 0.1) is 20.8 Å². The van der Waals surface area contributed by atoms with Crippen LogP contribution in [0.2, 0.25) is 5.02 Å². The lowest BCUT2D eigenvalue weighted by molar-refractivity contribution is 0.0967. The number of urea groups is 1. The van der Waals surface area contributed by atoms with Crippen molar-refractivity contribution in [3.05, 3.63) is 88.7 Å². The summed E-state index contributed by atoms with van der Waals surface area (Å²) in [5.74, 6) is -0.643. The summed E-state index contributed by atoms with van der Waals surface area (Å²) in [7, 11) is -2.80. The third-order valence-corrected chi connectivity index (χ3v) is 6.79. The van der Waals surface area contributed by atoms with Crippen LogP contribution in [0.25, 0.3) is 10.2 Å². The number of hydrogen-bond donors (Lipinski definition) is 3. The molecule has 0 aliphatic carbocycles. The molecular weight excluding hydrogens is 472 g/mol. The first-order chi connectivity index (χ1) is 15.4. The number of thiazole rings is 1. The fourth-order valence-electron chi connectivity index (χ4n) is 3.08. The van der Waals surface area contributed by atoms with E-state index in [4.69, 9.17) is 11.6 Å². The summed E-state index contributed by atoms with van der Waals surface area (Å²) in [6, 6.07) is 14.1. The van der Waals surface area contributed by atoms with Gasteiger partial charge in [0.15, 0.2) is 15.8 Å². The molecule has 1 atom stereocenters. The molecule has 0 bridgehead atoms. The van der Waals surface area contributed by atoms with Gasteiger partial charge in [-0.25, -0.2) is 18.2 Å². The second-order valence-electron chi connectivity index (χ2n) is 6.61. The van der Waals surface area contributed by atoms with Gasteiger partial charge in [-0.1, -0.05) is 47.2 Å². The van der Waals surface area contributed by atoms with Crippen molar-refractivity contribution in [1.82, 2.24) is 15.3 Å². The number of benzene rings is 2. The zero-order valence-electron chi connectivity index (χ0n) is 16.2. The lowest BCUT2D eigenvalue weighted by Gasteiger charge is -2.10. The molecule has 0 fully saturated rings. The van der Waals surface area contributed by atoms with Gasteiger partial charge in [-0.2, -0.15) is 0 Å². The summed E-state index contributed by atoms with van der Waals surface area (Å²) in [5.41, 5.74) is 1.88. The summed E-state index contributed by atoms with van der Waals surface area (Å²) >= 11 is 7.13. The van der Waals surface area contributed by atoms with Gasteiger partial charge in [-0.3, -0.25) is 20.4 Å². The van der Waals surface area contributed by atoms with Crippen LogP contribution in [0.15, 0.2) is 67.0 Å². The molecule has 11 heteroatoms. The number of halogens is 1. The molecule has 0 saturated carbocycles. The standard InChI is InChI=1S/C21H15ClN4O4S2/c22-15-6-2-1-5-14(15)19(27)25-20(28)26-21-24-16-8-7-12(10-17(16)31-21)18(32(29)30)13-4-3-9-23-11-13/h1-11,18,32H,(H2,24,25,26,27,28). The lowest BCUT2D eigenvalue weighted by Crippen LogP contribution is -2.34. The Labute approximate surface area is 193 Å². The molecular formula is C21H15ClN4O4S2. The van der Waals surface area contributed by atoms with Crippen molar-refractivity contribution in [2.45, 2.75) is 5.25 Å². The van der Waals surface area contributed by atoms with Gasteiger partial charge in [0.2, 0.25) is 0 Å². The van der Waals surface area contributed by atoms with Gasteiger partial charge >= 0.3 is 6.03 Å². The molecule has 2 aromatic carbocycles. The maximum absolute atomic E-state index is 12.2. The second-order valence-corrected chi connectivity index (χ2v) is 9.13. The Bertz CT molecular complexity index is 1380. The zero-order chi connectivity index (χ0) is 22.7. The molecule has 4 aromatic rings. The molecule has 2 heterocycles. The minimum absolute atomic E-state index is 0.173. The predicted octanol–water partition coefficient (Wildman–Crippen LogP) is 4.01. The lowest BCUT2D eigenvalue weighted by atomic mass is 10.1. The Morgan fingerprint density at radius 1 is 1.03 bits per heavy atom. The van der Waals surface area contributed by atoms with Gasteiger partial charge in [-0.05, 0) is 41.5 Å². The fourth-order valence-corrected chi connectivity index (χ4v) is 5.01. The van der Waals surface area contributed by atoms with E-state index < -0.39 is 27.9 Å². The maximum Gasteiger partial charge on any atom is 0.327 e. The molecule has 0 spiro atoms. The minimum atomic E-state index is -2.80. The Hall–Kier alpha value is -3.34. The van der Waals surface area contributed by atoms with Gasteiger partial charge < -0.3 is 0 Å². The molecule has 0 radical (unpaired) electrons. The SMILES string of the molecule is O=C(NC(=O)c1ccccc1Cl)Nc1nc2ccc(C(c3cccnc3)[SH](=O)=O)cc2s1.